The molecular weight excluding hydrogens is 282 g/mol. The summed E-state index contributed by atoms with van der Waals surface area (Å²) in [7, 11) is 1.78. The first-order chi connectivity index (χ1) is 10.6. The monoisotopic (exact) mass is 303 g/mol. The van der Waals surface area contributed by atoms with E-state index in [0.717, 1.165) is 5.56 Å². The summed E-state index contributed by atoms with van der Waals surface area (Å²) >= 11 is 0. The molecule has 0 atom stereocenters. The first-order valence-electron chi connectivity index (χ1n) is 7.30. The molecule has 0 aliphatic rings. The molecule has 6 heteroatoms. The van der Waals surface area contributed by atoms with Gasteiger partial charge in [0.1, 0.15) is 5.69 Å². The topological polar surface area (TPSA) is 65.4 Å². The fourth-order valence-electron chi connectivity index (χ4n) is 2.01. The van der Waals surface area contributed by atoms with Crippen molar-refractivity contribution in [2.75, 3.05) is 13.2 Å². The van der Waals surface area contributed by atoms with Gasteiger partial charge in [0.05, 0.1) is 13.2 Å². The number of hydrogen-bond donors (Lipinski definition) is 1. The summed E-state index contributed by atoms with van der Waals surface area (Å²) < 4.78 is 12.7. The summed E-state index contributed by atoms with van der Waals surface area (Å²) in [5.41, 5.74) is 1.34. The SMILES string of the molecule is CCOc1ccc(CNC(=O)c2ccn(C)n2)cc1OCC. The van der Waals surface area contributed by atoms with Gasteiger partial charge in [-0.05, 0) is 37.6 Å². The fourth-order valence-corrected chi connectivity index (χ4v) is 2.01. The zero-order valence-corrected chi connectivity index (χ0v) is 13.1. The van der Waals surface area contributed by atoms with Crippen LogP contribution in [0.2, 0.25) is 0 Å². The van der Waals surface area contributed by atoms with E-state index in [0.29, 0.717) is 37.0 Å². The van der Waals surface area contributed by atoms with Gasteiger partial charge in [-0.2, -0.15) is 5.10 Å². The first kappa shape index (κ1) is 15.9. The van der Waals surface area contributed by atoms with E-state index in [1.807, 2.05) is 32.0 Å². The van der Waals surface area contributed by atoms with Crippen LogP contribution in [0, 0.1) is 0 Å². The number of aryl methyl sites for hydroxylation is 1. The number of amides is 1. The predicted octanol–water partition coefficient (Wildman–Crippen LogP) is 2.15. The summed E-state index contributed by atoms with van der Waals surface area (Å²) in [6, 6.07) is 7.33. The van der Waals surface area contributed by atoms with Gasteiger partial charge in [-0.1, -0.05) is 6.07 Å². The van der Waals surface area contributed by atoms with Crippen LogP contribution in [0.15, 0.2) is 30.5 Å². The van der Waals surface area contributed by atoms with Gasteiger partial charge >= 0.3 is 0 Å². The van der Waals surface area contributed by atoms with E-state index in [-0.39, 0.29) is 5.91 Å². The smallest absolute Gasteiger partial charge is 0.272 e. The Morgan fingerprint density at radius 2 is 1.91 bits per heavy atom. The van der Waals surface area contributed by atoms with E-state index >= 15 is 0 Å². The molecule has 0 aliphatic heterocycles. The maximum Gasteiger partial charge on any atom is 0.272 e. The van der Waals surface area contributed by atoms with E-state index in [9.17, 15) is 4.79 Å². The highest BCUT2D eigenvalue weighted by molar-refractivity contribution is 5.92. The Hall–Kier alpha value is -2.50. The Labute approximate surface area is 130 Å². The van der Waals surface area contributed by atoms with Crippen molar-refractivity contribution in [3.05, 3.63) is 41.7 Å². The standard InChI is InChI=1S/C16H21N3O3/c1-4-21-14-7-6-12(10-15(14)22-5-2)11-17-16(20)13-8-9-19(3)18-13/h6-10H,4-5,11H2,1-3H3,(H,17,20). The lowest BCUT2D eigenvalue weighted by molar-refractivity contribution is 0.0945. The normalized spacial score (nSPS) is 10.3. The molecule has 6 nitrogen and oxygen atoms in total. The lowest BCUT2D eigenvalue weighted by Crippen LogP contribution is -2.23. The third kappa shape index (κ3) is 4.00. The molecule has 1 aromatic carbocycles. The highest BCUT2D eigenvalue weighted by atomic mass is 16.5. The molecule has 0 saturated carbocycles. The van der Waals surface area contributed by atoms with Crippen LogP contribution in [0.25, 0.3) is 0 Å². The predicted molar refractivity (Wildman–Crippen MR) is 83.2 cm³/mol. The van der Waals surface area contributed by atoms with Crippen molar-refractivity contribution >= 4 is 5.91 Å². The molecular formula is C16H21N3O3. The van der Waals surface area contributed by atoms with Crippen LogP contribution in [0.4, 0.5) is 0 Å². The highest BCUT2D eigenvalue weighted by Crippen LogP contribution is 2.28. The maximum atomic E-state index is 12.0. The van der Waals surface area contributed by atoms with Crippen molar-refractivity contribution < 1.29 is 14.3 Å². The summed E-state index contributed by atoms with van der Waals surface area (Å²) in [4.78, 5) is 12.0. The van der Waals surface area contributed by atoms with E-state index in [4.69, 9.17) is 9.47 Å². The van der Waals surface area contributed by atoms with Gasteiger partial charge in [0, 0.05) is 19.8 Å². The van der Waals surface area contributed by atoms with Crippen molar-refractivity contribution in [3.63, 3.8) is 0 Å². The van der Waals surface area contributed by atoms with Crippen LogP contribution in [-0.2, 0) is 13.6 Å². The van der Waals surface area contributed by atoms with Crippen molar-refractivity contribution in [2.45, 2.75) is 20.4 Å². The molecule has 0 aliphatic carbocycles. The number of ether oxygens (including phenoxy) is 2. The average Bonchev–Trinajstić information content (AvgIpc) is 2.94. The molecule has 1 heterocycles. The summed E-state index contributed by atoms with van der Waals surface area (Å²) in [5.74, 6) is 1.20. The number of hydrogen-bond acceptors (Lipinski definition) is 4. The number of aromatic nitrogens is 2. The number of nitrogens with zero attached hydrogens (tertiary/aromatic N) is 2. The molecule has 2 aromatic rings. The molecule has 0 bridgehead atoms. The largest absolute Gasteiger partial charge is 0.490 e. The summed E-state index contributed by atoms with van der Waals surface area (Å²) in [6.07, 6.45) is 1.74. The van der Waals surface area contributed by atoms with Crippen LogP contribution in [-0.4, -0.2) is 28.9 Å². The zero-order chi connectivity index (χ0) is 15.9. The van der Waals surface area contributed by atoms with Crippen LogP contribution in [0.3, 0.4) is 0 Å². The molecule has 2 rings (SSSR count). The van der Waals surface area contributed by atoms with Gasteiger partial charge < -0.3 is 14.8 Å². The number of nitrogens with one attached hydrogen (secondary N) is 1. The van der Waals surface area contributed by atoms with Gasteiger partial charge in [0.25, 0.3) is 5.91 Å². The van der Waals surface area contributed by atoms with Gasteiger partial charge in [0.15, 0.2) is 11.5 Å². The van der Waals surface area contributed by atoms with Gasteiger partial charge in [-0.15, -0.1) is 0 Å². The molecule has 1 amide bonds. The van der Waals surface area contributed by atoms with Crippen LogP contribution < -0.4 is 14.8 Å². The Morgan fingerprint density at radius 3 is 2.55 bits per heavy atom. The Morgan fingerprint density at radius 1 is 1.18 bits per heavy atom. The zero-order valence-electron chi connectivity index (χ0n) is 13.1. The maximum absolute atomic E-state index is 12.0. The minimum Gasteiger partial charge on any atom is -0.490 e. The first-order valence-corrected chi connectivity index (χ1v) is 7.30. The average molecular weight is 303 g/mol. The van der Waals surface area contributed by atoms with Gasteiger partial charge in [-0.3, -0.25) is 9.48 Å². The third-order valence-electron chi connectivity index (χ3n) is 3.01. The molecule has 0 radical (unpaired) electrons. The van der Waals surface area contributed by atoms with E-state index in [1.165, 1.54) is 0 Å². The quantitative estimate of drug-likeness (QED) is 0.851. The molecule has 1 N–H and O–H groups in total. The molecule has 118 valence electrons. The third-order valence-corrected chi connectivity index (χ3v) is 3.01. The van der Waals surface area contributed by atoms with Crippen molar-refractivity contribution in [3.8, 4) is 11.5 Å². The van der Waals surface area contributed by atoms with E-state index < -0.39 is 0 Å². The number of carbonyl (C=O) groups is 1. The van der Waals surface area contributed by atoms with Crippen molar-refractivity contribution in [2.24, 2.45) is 7.05 Å². The van der Waals surface area contributed by atoms with Crippen molar-refractivity contribution in [1.82, 2.24) is 15.1 Å². The number of benzene rings is 1. The highest BCUT2D eigenvalue weighted by Gasteiger charge is 2.10. The summed E-state index contributed by atoms with van der Waals surface area (Å²) in [6.45, 7) is 5.39. The van der Waals surface area contributed by atoms with Crippen molar-refractivity contribution in [1.29, 1.82) is 0 Å². The van der Waals surface area contributed by atoms with E-state index in [1.54, 1.807) is 24.0 Å². The molecule has 0 unspecified atom stereocenters. The molecule has 0 fully saturated rings. The Balaban J connectivity index is 2.03. The number of carbonyl (C=O) groups excluding carboxylic acids is 1. The molecule has 22 heavy (non-hydrogen) atoms. The minimum atomic E-state index is -0.201. The van der Waals surface area contributed by atoms with Crippen LogP contribution in [0.1, 0.15) is 29.9 Å². The Kier molecular flexibility index (Phi) is 5.41. The lowest BCUT2D eigenvalue weighted by Gasteiger charge is -2.12. The fraction of sp³-hybridized carbons (Fsp3) is 0.375. The second kappa shape index (κ2) is 7.49. The Bertz CT molecular complexity index is 637. The van der Waals surface area contributed by atoms with E-state index in [2.05, 4.69) is 10.4 Å². The minimum absolute atomic E-state index is 0.201. The number of rotatable bonds is 7. The second-order valence-corrected chi connectivity index (χ2v) is 4.70. The van der Waals surface area contributed by atoms with Crippen LogP contribution in [0.5, 0.6) is 11.5 Å². The molecule has 1 aromatic heterocycles. The lowest BCUT2D eigenvalue weighted by atomic mass is 10.2. The van der Waals surface area contributed by atoms with Gasteiger partial charge in [-0.25, -0.2) is 0 Å². The van der Waals surface area contributed by atoms with Gasteiger partial charge in [0.2, 0.25) is 0 Å². The second-order valence-electron chi connectivity index (χ2n) is 4.70. The summed E-state index contributed by atoms with van der Waals surface area (Å²) in [5, 5.41) is 6.91. The molecule has 0 spiro atoms. The molecule has 0 saturated heterocycles. The van der Waals surface area contributed by atoms with Crippen LogP contribution >= 0.6 is 0 Å².